The van der Waals surface area contributed by atoms with Crippen molar-refractivity contribution in [1.82, 2.24) is 10.3 Å². The maximum Gasteiger partial charge on any atom is 0.185 e. The molecule has 0 spiro atoms. The van der Waals surface area contributed by atoms with Crippen molar-refractivity contribution in [3.8, 4) is 0 Å². The minimum absolute atomic E-state index is 0.671. The largest absolute Gasteiger partial charge is 0.348 e. The van der Waals surface area contributed by atoms with Gasteiger partial charge in [-0.3, -0.25) is 0 Å². The molecule has 0 bridgehead atoms. The number of hydrogen-bond acceptors (Lipinski definition) is 4. The lowest BCUT2D eigenvalue weighted by molar-refractivity contribution is 0.552. The number of rotatable bonds is 9. The van der Waals surface area contributed by atoms with E-state index in [4.69, 9.17) is 0 Å². The van der Waals surface area contributed by atoms with E-state index in [-0.39, 0.29) is 0 Å². The van der Waals surface area contributed by atoms with Gasteiger partial charge in [-0.15, -0.1) is 11.3 Å². The zero-order valence-electron chi connectivity index (χ0n) is 13.1. The maximum atomic E-state index is 4.61. The molecule has 1 heterocycles. The quantitative estimate of drug-likeness (QED) is 0.699. The second-order valence-electron chi connectivity index (χ2n) is 5.98. The standard InChI is InChI=1S/C15H29N3S/c1-6-7-16-8-14-9-17-15(19-14)18(10-12(2)3)11-13(4)5/h9,12-13,16H,6-8,10-11H2,1-5H3. The number of thiazole rings is 1. The van der Waals surface area contributed by atoms with E-state index >= 15 is 0 Å². The van der Waals surface area contributed by atoms with Crippen molar-refractivity contribution in [2.24, 2.45) is 11.8 Å². The Morgan fingerprint density at radius 3 is 2.37 bits per heavy atom. The Kier molecular flexibility index (Phi) is 7.39. The third-order valence-electron chi connectivity index (χ3n) is 2.71. The van der Waals surface area contributed by atoms with Crippen LogP contribution < -0.4 is 10.2 Å². The molecule has 0 unspecified atom stereocenters. The van der Waals surface area contributed by atoms with E-state index in [9.17, 15) is 0 Å². The highest BCUT2D eigenvalue weighted by Crippen LogP contribution is 2.24. The lowest BCUT2D eigenvalue weighted by Gasteiger charge is -2.25. The summed E-state index contributed by atoms with van der Waals surface area (Å²) in [6, 6.07) is 0. The monoisotopic (exact) mass is 283 g/mol. The van der Waals surface area contributed by atoms with Gasteiger partial charge in [-0.05, 0) is 24.8 Å². The first-order valence-corrected chi connectivity index (χ1v) is 8.24. The van der Waals surface area contributed by atoms with Gasteiger partial charge in [0.25, 0.3) is 0 Å². The summed E-state index contributed by atoms with van der Waals surface area (Å²) in [5.41, 5.74) is 0. The van der Waals surface area contributed by atoms with Crippen molar-refractivity contribution in [3.05, 3.63) is 11.1 Å². The molecule has 1 aromatic rings. The third-order valence-corrected chi connectivity index (χ3v) is 3.77. The van der Waals surface area contributed by atoms with Crippen LogP contribution in [0.25, 0.3) is 0 Å². The SMILES string of the molecule is CCCNCc1cnc(N(CC(C)C)CC(C)C)s1. The molecule has 0 aromatic carbocycles. The highest BCUT2D eigenvalue weighted by atomic mass is 32.1. The lowest BCUT2D eigenvalue weighted by atomic mass is 10.1. The van der Waals surface area contributed by atoms with Crippen LogP contribution in [-0.2, 0) is 6.54 Å². The molecule has 110 valence electrons. The van der Waals surface area contributed by atoms with Crippen molar-refractivity contribution >= 4 is 16.5 Å². The summed E-state index contributed by atoms with van der Waals surface area (Å²) in [6.45, 7) is 15.5. The topological polar surface area (TPSA) is 28.2 Å². The summed E-state index contributed by atoms with van der Waals surface area (Å²) >= 11 is 1.83. The van der Waals surface area contributed by atoms with Gasteiger partial charge in [-0.25, -0.2) is 4.98 Å². The van der Waals surface area contributed by atoms with Gasteiger partial charge in [0, 0.05) is 30.7 Å². The van der Waals surface area contributed by atoms with Gasteiger partial charge < -0.3 is 10.2 Å². The molecule has 0 aliphatic rings. The molecule has 4 heteroatoms. The average molecular weight is 283 g/mol. The van der Waals surface area contributed by atoms with Crippen LogP contribution in [-0.4, -0.2) is 24.6 Å². The number of anilines is 1. The predicted molar refractivity (Wildman–Crippen MR) is 86.0 cm³/mol. The minimum Gasteiger partial charge on any atom is -0.348 e. The zero-order chi connectivity index (χ0) is 14.3. The van der Waals surface area contributed by atoms with Crippen LogP contribution >= 0.6 is 11.3 Å². The van der Waals surface area contributed by atoms with Gasteiger partial charge in [-0.1, -0.05) is 34.6 Å². The molecule has 0 atom stereocenters. The van der Waals surface area contributed by atoms with Crippen LogP contribution in [0.15, 0.2) is 6.20 Å². The van der Waals surface area contributed by atoms with Crippen LogP contribution in [0.5, 0.6) is 0 Å². The van der Waals surface area contributed by atoms with E-state index in [2.05, 4.69) is 49.8 Å². The Morgan fingerprint density at radius 2 is 1.84 bits per heavy atom. The normalized spacial score (nSPS) is 11.5. The molecule has 0 saturated carbocycles. The fraction of sp³-hybridized carbons (Fsp3) is 0.800. The van der Waals surface area contributed by atoms with E-state index in [0.717, 1.165) is 26.2 Å². The molecule has 3 nitrogen and oxygen atoms in total. The molecule has 0 aliphatic heterocycles. The molecule has 1 N–H and O–H groups in total. The maximum absolute atomic E-state index is 4.61. The molecule has 0 saturated heterocycles. The van der Waals surface area contributed by atoms with E-state index in [0.29, 0.717) is 11.8 Å². The van der Waals surface area contributed by atoms with Crippen LogP contribution in [0.4, 0.5) is 5.13 Å². The Morgan fingerprint density at radius 1 is 1.21 bits per heavy atom. The smallest absolute Gasteiger partial charge is 0.185 e. The third kappa shape index (κ3) is 6.39. The molecule has 0 aliphatic carbocycles. The number of hydrogen-bond donors (Lipinski definition) is 1. The van der Waals surface area contributed by atoms with Gasteiger partial charge in [0.05, 0.1) is 0 Å². The van der Waals surface area contributed by atoms with Crippen molar-refractivity contribution < 1.29 is 0 Å². The Bertz CT molecular complexity index is 337. The average Bonchev–Trinajstić information content (AvgIpc) is 2.76. The van der Waals surface area contributed by atoms with Crippen molar-refractivity contribution in [3.63, 3.8) is 0 Å². The summed E-state index contributed by atoms with van der Waals surface area (Å²) in [7, 11) is 0. The number of nitrogens with one attached hydrogen (secondary N) is 1. The van der Waals surface area contributed by atoms with Gasteiger partial charge in [0.2, 0.25) is 0 Å². The fourth-order valence-electron chi connectivity index (χ4n) is 2.03. The number of nitrogens with zero attached hydrogens (tertiary/aromatic N) is 2. The van der Waals surface area contributed by atoms with E-state index in [1.54, 1.807) is 0 Å². The lowest BCUT2D eigenvalue weighted by Crippen LogP contribution is -2.31. The van der Waals surface area contributed by atoms with Crippen LogP contribution in [0.1, 0.15) is 45.9 Å². The Hall–Kier alpha value is -0.610. The molecule has 1 aromatic heterocycles. The summed E-state index contributed by atoms with van der Waals surface area (Å²) in [5.74, 6) is 1.34. The Balaban J connectivity index is 2.62. The summed E-state index contributed by atoms with van der Waals surface area (Å²) in [4.78, 5) is 8.37. The van der Waals surface area contributed by atoms with Crippen LogP contribution in [0.2, 0.25) is 0 Å². The van der Waals surface area contributed by atoms with Gasteiger partial charge in [0.15, 0.2) is 5.13 Å². The second-order valence-corrected chi connectivity index (χ2v) is 7.07. The van der Waals surface area contributed by atoms with E-state index < -0.39 is 0 Å². The minimum atomic E-state index is 0.671. The fourth-order valence-corrected chi connectivity index (χ4v) is 2.92. The molecular formula is C15H29N3S. The first-order valence-electron chi connectivity index (χ1n) is 7.43. The summed E-state index contributed by atoms with van der Waals surface area (Å²) < 4.78 is 0. The zero-order valence-corrected chi connectivity index (χ0v) is 13.9. The van der Waals surface area contributed by atoms with Gasteiger partial charge >= 0.3 is 0 Å². The molecule has 19 heavy (non-hydrogen) atoms. The van der Waals surface area contributed by atoms with Crippen molar-refractivity contribution in [1.29, 1.82) is 0 Å². The first-order chi connectivity index (χ1) is 9.02. The second kappa shape index (κ2) is 8.54. The first kappa shape index (κ1) is 16.4. The van der Waals surface area contributed by atoms with Crippen LogP contribution in [0.3, 0.4) is 0 Å². The molecule has 0 fully saturated rings. The molecule has 0 radical (unpaired) electrons. The van der Waals surface area contributed by atoms with E-state index in [1.165, 1.54) is 16.4 Å². The molecule has 0 amide bonds. The predicted octanol–water partition coefficient (Wildman–Crippen LogP) is 3.76. The van der Waals surface area contributed by atoms with Crippen LogP contribution in [0, 0.1) is 11.8 Å². The van der Waals surface area contributed by atoms with E-state index in [1.807, 2.05) is 17.5 Å². The van der Waals surface area contributed by atoms with Gasteiger partial charge in [-0.2, -0.15) is 0 Å². The highest BCUT2D eigenvalue weighted by molar-refractivity contribution is 7.15. The summed E-state index contributed by atoms with van der Waals surface area (Å²) in [6.07, 6.45) is 3.20. The van der Waals surface area contributed by atoms with Gasteiger partial charge in [0.1, 0.15) is 0 Å². The summed E-state index contributed by atoms with van der Waals surface area (Å²) in [5, 5.41) is 4.61. The molecule has 1 rings (SSSR count). The van der Waals surface area contributed by atoms with Crippen molar-refractivity contribution in [2.45, 2.75) is 47.6 Å². The Labute approximate surface area is 122 Å². The van der Waals surface area contributed by atoms with Crippen molar-refractivity contribution in [2.75, 3.05) is 24.5 Å². The molecular weight excluding hydrogens is 254 g/mol. The number of aromatic nitrogens is 1. The highest BCUT2D eigenvalue weighted by Gasteiger charge is 2.14.